The number of carbonyl (C=O) groups excluding carboxylic acids is 2. The number of esters is 2. The molecule has 4 aromatic heterocycles. The molecule has 2 aliphatic rings. The van der Waals surface area contributed by atoms with Crippen LogP contribution in [0.2, 0.25) is 5.28 Å². The molecule has 2 aliphatic heterocycles. The Labute approximate surface area is 495 Å². The Hall–Kier alpha value is -8.01. The summed E-state index contributed by atoms with van der Waals surface area (Å²) >= 11 is 6.33. The number of nitrogens with zero attached hydrogens (tertiary/aromatic N) is 8. The lowest BCUT2D eigenvalue weighted by Crippen LogP contribution is -2.37. The summed E-state index contributed by atoms with van der Waals surface area (Å²) in [7, 11) is -8.50. The van der Waals surface area contributed by atoms with Gasteiger partial charge in [0.05, 0.1) is 25.6 Å². The number of imidazole rings is 2. The number of aliphatic hydroxyl groups excluding tert-OH is 3. The molecule has 6 heterocycles. The van der Waals surface area contributed by atoms with Crippen molar-refractivity contribution in [1.29, 1.82) is 0 Å². The SMILES string of the molecule is C[C@H](NP(=O)(OC[C@@H]1C[C@H](O)[C@H](n2cnc3c(N)ncnc32)O1)Oc1ccccc1)C(=O)OCc1ccccc1.C[C@H](NP(=O)(OC[C@H]1O[C@@H](n2c(Cl)nc3c(N)ncnc32)[C@@H](O)C1O)Oc1cccc2ccccc12)C(=O)OCc1ccccc1. The fraction of sp³-hybridized carbons (Fsp3) is 0.286. The normalized spacial score (nSPS) is 21.4. The molecule has 5 aromatic carbocycles. The lowest BCUT2D eigenvalue weighted by atomic mass is 10.1. The molecule has 11 atom stereocenters. The number of ether oxygens (including phenoxy) is 4. The fourth-order valence-corrected chi connectivity index (χ4v) is 12.5. The van der Waals surface area contributed by atoms with E-state index in [1.54, 1.807) is 71.3 Å². The summed E-state index contributed by atoms with van der Waals surface area (Å²) in [6.45, 7) is 2.28. The predicted molar refractivity (Wildman–Crippen MR) is 311 cm³/mol. The number of nitrogen functional groups attached to an aromatic ring is 2. The number of hydrogen-bond donors (Lipinski definition) is 7. The van der Waals surface area contributed by atoms with Crippen LogP contribution in [-0.4, -0.2) is 122 Å². The van der Waals surface area contributed by atoms with Crippen molar-refractivity contribution < 1.29 is 71.1 Å². The third-order valence-corrected chi connectivity index (χ3v) is 17.1. The lowest BCUT2D eigenvalue weighted by molar-refractivity contribution is -0.147. The van der Waals surface area contributed by atoms with Gasteiger partial charge < -0.3 is 54.8 Å². The van der Waals surface area contributed by atoms with E-state index in [-0.39, 0.29) is 65.8 Å². The first-order valence-electron chi connectivity index (χ1n) is 26.7. The van der Waals surface area contributed by atoms with Crippen LogP contribution < -0.4 is 30.7 Å². The number of hydrogen-bond acceptors (Lipinski definition) is 23. The number of carbonyl (C=O) groups is 2. The fourth-order valence-electron chi connectivity index (χ4n) is 9.19. The van der Waals surface area contributed by atoms with Gasteiger partial charge in [-0.05, 0) is 60.2 Å². The monoisotopic (exact) mass is 1240 g/mol. The van der Waals surface area contributed by atoms with Crippen LogP contribution in [0.1, 0.15) is 43.9 Å². The highest BCUT2D eigenvalue weighted by molar-refractivity contribution is 7.52. The number of aliphatic hydroxyl groups is 3. The Morgan fingerprint density at radius 3 is 1.87 bits per heavy atom. The maximum Gasteiger partial charge on any atom is 0.459 e. The molecule has 86 heavy (non-hydrogen) atoms. The minimum atomic E-state index is -4.39. The van der Waals surface area contributed by atoms with E-state index in [4.69, 9.17) is 60.1 Å². The number of fused-ring (bicyclic) bond motifs is 3. The van der Waals surface area contributed by atoms with E-state index in [1.165, 1.54) is 37.4 Å². The quantitative estimate of drug-likeness (QED) is 0.0210. The molecule has 0 spiro atoms. The Balaban J connectivity index is 0.000000193. The molecule has 30 heteroatoms. The highest BCUT2D eigenvalue weighted by Gasteiger charge is 2.47. The van der Waals surface area contributed by atoms with Gasteiger partial charge in [0, 0.05) is 11.8 Å². The molecule has 27 nitrogen and oxygen atoms in total. The Morgan fingerprint density at radius 1 is 0.663 bits per heavy atom. The summed E-state index contributed by atoms with van der Waals surface area (Å²) in [5, 5.41) is 39.2. The van der Waals surface area contributed by atoms with Crippen molar-refractivity contribution in [2.75, 3.05) is 24.7 Å². The molecule has 9 aromatic rings. The van der Waals surface area contributed by atoms with E-state index in [0.717, 1.165) is 16.5 Å². The molecule has 0 aliphatic carbocycles. The van der Waals surface area contributed by atoms with Crippen molar-refractivity contribution in [2.24, 2.45) is 0 Å². The second-order valence-corrected chi connectivity index (χ2v) is 23.4. The molecule has 450 valence electrons. The van der Waals surface area contributed by atoms with Crippen molar-refractivity contribution in [2.45, 2.75) is 88.5 Å². The Bertz CT molecular complexity index is 3890. The van der Waals surface area contributed by atoms with Crippen LogP contribution in [0.3, 0.4) is 0 Å². The number of aromatic nitrogens is 8. The number of nitrogens with two attached hydrogens (primary N) is 2. The maximum atomic E-state index is 14.3. The Morgan fingerprint density at radius 2 is 1.22 bits per heavy atom. The number of rotatable bonds is 22. The van der Waals surface area contributed by atoms with E-state index in [2.05, 4.69) is 40.1 Å². The van der Waals surface area contributed by atoms with Crippen LogP contribution in [-0.2, 0) is 59.9 Å². The van der Waals surface area contributed by atoms with Crippen molar-refractivity contribution in [3.05, 3.63) is 169 Å². The van der Waals surface area contributed by atoms with Gasteiger partial charge in [-0.15, -0.1) is 0 Å². The molecule has 0 radical (unpaired) electrons. The first-order chi connectivity index (χ1) is 41.4. The summed E-state index contributed by atoms with van der Waals surface area (Å²) in [6, 6.07) is 37.0. The zero-order valence-electron chi connectivity index (χ0n) is 45.9. The number of halogens is 1. The molecule has 3 unspecified atom stereocenters. The summed E-state index contributed by atoms with van der Waals surface area (Å²) in [4.78, 5) is 50.0. The van der Waals surface area contributed by atoms with Crippen LogP contribution in [0.5, 0.6) is 11.5 Å². The van der Waals surface area contributed by atoms with Gasteiger partial charge in [0.2, 0.25) is 5.28 Å². The van der Waals surface area contributed by atoms with Crippen LogP contribution >= 0.6 is 27.1 Å². The molecule has 0 bridgehead atoms. The second-order valence-electron chi connectivity index (χ2n) is 19.7. The molecular weight excluding hydrogens is 1180 g/mol. The van der Waals surface area contributed by atoms with E-state index < -0.39 is 89.1 Å². The van der Waals surface area contributed by atoms with E-state index >= 15 is 0 Å². The van der Waals surface area contributed by atoms with Crippen LogP contribution in [0.25, 0.3) is 33.1 Å². The topological polar surface area (TPSA) is 366 Å². The zero-order valence-corrected chi connectivity index (χ0v) is 48.5. The van der Waals surface area contributed by atoms with Gasteiger partial charge in [0.15, 0.2) is 40.9 Å². The van der Waals surface area contributed by atoms with Crippen molar-refractivity contribution >= 4 is 83.8 Å². The highest BCUT2D eigenvalue weighted by Crippen LogP contribution is 2.49. The van der Waals surface area contributed by atoms with E-state index in [1.807, 2.05) is 66.7 Å². The third kappa shape index (κ3) is 14.4. The summed E-state index contributed by atoms with van der Waals surface area (Å²) in [5.74, 6) is -0.575. The molecular formula is C56H59ClN12O15P2. The minimum Gasteiger partial charge on any atom is -0.460 e. The lowest BCUT2D eigenvalue weighted by Gasteiger charge is -2.25. The molecule has 11 rings (SSSR count). The molecule has 0 amide bonds. The van der Waals surface area contributed by atoms with Gasteiger partial charge in [-0.1, -0.05) is 115 Å². The first-order valence-corrected chi connectivity index (χ1v) is 30.2. The first kappa shape index (κ1) is 61.1. The summed E-state index contributed by atoms with van der Waals surface area (Å²) in [5.41, 5.74) is 14.5. The van der Waals surface area contributed by atoms with Crippen molar-refractivity contribution in [1.82, 2.24) is 49.2 Å². The predicted octanol–water partition coefficient (Wildman–Crippen LogP) is 6.74. The smallest absolute Gasteiger partial charge is 0.459 e. The van der Waals surface area contributed by atoms with Crippen LogP contribution in [0.4, 0.5) is 11.6 Å². The number of para-hydroxylation sites is 1. The molecule has 2 fully saturated rings. The Kier molecular flexibility index (Phi) is 19.3. The van der Waals surface area contributed by atoms with E-state index in [9.17, 15) is 34.0 Å². The van der Waals surface area contributed by atoms with Gasteiger partial charge in [0.25, 0.3) is 0 Å². The summed E-state index contributed by atoms with van der Waals surface area (Å²) in [6.07, 6.45) is -3.81. The number of nitrogens with one attached hydrogen (secondary N) is 2. The van der Waals surface area contributed by atoms with Crippen molar-refractivity contribution in [3.8, 4) is 11.5 Å². The molecule has 2 saturated heterocycles. The minimum absolute atomic E-state index is 0.00444. The maximum absolute atomic E-state index is 14.3. The van der Waals surface area contributed by atoms with Gasteiger partial charge in [0.1, 0.15) is 79.4 Å². The number of anilines is 2. The van der Waals surface area contributed by atoms with Crippen molar-refractivity contribution in [3.63, 3.8) is 0 Å². The number of benzene rings is 5. The molecule has 9 N–H and O–H groups in total. The second kappa shape index (κ2) is 27.1. The molecule has 0 saturated carbocycles. The van der Waals surface area contributed by atoms with Gasteiger partial charge in [-0.3, -0.25) is 27.8 Å². The zero-order chi connectivity index (χ0) is 60.5. The standard InChI is InChI=1S/C30H30ClN6O8P.C26H29N6O7P/c1-17(29(40)42-14-18-8-3-2-4-9-18)36-46(41,45-21-13-7-11-19-10-5-6-12-20(19)21)43-15-22-24(38)25(39)28(44-22)37-27-23(35-30(37)31)26(32)33-16-34-27;1-17(26(34)36-13-18-8-4-2-5-9-18)31-40(35,39-19-10-6-3-7-11-19)37-14-20-12-21(33)25(38-20)32-16-30-22-23(27)28-15-29-24(22)32/h2-13,16-17,22,24-25,28,38-39H,14-15H2,1H3,(H,36,41)(H2,32,33,34);2-11,15-17,20-21,25,33H,12-14H2,1H3,(H,31,35)(H2,27,28,29)/t17-,22+,24?,25-,28+,46?;17-,20-,21-,25+,40?/m00/s1. The average molecular weight is 1240 g/mol. The summed E-state index contributed by atoms with van der Waals surface area (Å²) < 4.78 is 76.8. The van der Waals surface area contributed by atoms with Gasteiger partial charge >= 0.3 is 27.4 Å². The van der Waals surface area contributed by atoms with Crippen LogP contribution in [0.15, 0.2) is 152 Å². The average Bonchev–Trinajstić information content (AvgIpc) is 2.16. The highest BCUT2D eigenvalue weighted by atomic mass is 35.5. The van der Waals surface area contributed by atoms with Gasteiger partial charge in [-0.2, -0.15) is 10.2 Å². The van der Waals surface area contributed by atoms with Gasteiger partial charge in [-0.25, -0.2) is 39.0 Å². The largest absolute Gasteiger partial charge is 0.460 e. The van der Waals surface area contributed by atoms with Crippen LogP contribution in [0, 0.1) is 0 Å². The third-order valence-electron chi connectivity index (χ3n) is 13.5. The van der Waals surface area contributed by atoms with E-state index in [0.29, 0.717) is 16.6 Å².